The molecule has 0 N–H and O–H groups in total. The minimum atomic E-state index is 0.349. The molecule has 1 aromatic heterocycles. The summed E-state index contributed by atoms with van der Waals surface area (Å²) in [6.45, 7) is 0. The van der Waals surface area contributed by atoms with E-state index in [0.29, 0.717) is 20.1 Å². The average Bonchev–Trinajstić information content (AvgIpc) is 2.25. The highest BCUT2D eigenvalue weighted by Gasteiger charge is 2.07. The predicted octanol–water partition coefficient (Wildman–Crippen LogP) is 5.36. The van der Waals surface area contributed by atoms with Crippen molar-refractivity contribution in [2.45, 2.75) is 0 Å². The van der Waals surface area contributed by atoms with Gasteiger partial charge in [-0.1, -0.05) is 46.4 Å². The van der Waals surface area contributed by atoms with Gasteiger partial charge >= 0.3 is 0 Å². The molecule has 0 fully saturated rings. The molecule has 0 saturated heterocycles. The molecule has 5 heteroatoms. The quantitative estimate of drug-likeness (QED) is 0.645. The molecule has 0 radical (unpaired) electrons. The van der Waals surface area contributed by atoms with E-state index in [1.165, 1.54) is 0 Å². The molecule has 0 bridgehead atoms. The number of aromatic nitrogens is 1. The first-order chi connectivity index (χ1) is 7.58. The summed E-state index contributed by atoms with van der Waals surface area (Å²) in [6, 6.07) is 5.23. The fourth-order valence-electron chi connectivity index (χ4n) is 1.29. The van der Waals surface area contributed by atoms with Crippen LogP contribution in [-0.2, 0) is 0 Å². The third-order valence-electron chi connectivity index (χ3n) is 2.02. The molecule has 0 aliphatic rings. The molecule has 0 aliphatic carbocycles. The van der Waals surface area contributed by atoms with Crippen molar-refractivity contribution in [1.82, 2.24) is 4.98 Å². The van der Waals surface area contributed by atoms with Crippen molar-refractivity contribution in [1.29, 1.82) is 0 Å². The Morgan fingerprint density at radius 1 is 0.750 bits per heavy atom. The zero-order valence-corrected chi connectivity index (χ0v) is 10.9. The average molecular weight is 293 g/mol. The Balaban J connectivity index is 2.57. The van der Waals surface area contributed by atoms with Crippen LogP contribution in [0.3, 0.4) is 0 Å². The van der Waals surface area contributed by atoms with Gasteiger partial charge in [-0.3, -0.25) is 4.98 Å². The Kier molecular flexibility index (Phi) is 3.60. The van der Waals surface area contributed by atoms with Crippen LogP contribution in [0.25, 0.3) is 11.1 Å². The maximum absolute atomic E-state index is 5.94. The largest absolute Gasteiger partial charge is 0.263 e. The molecule has 0 atom stereocenters. The second kappa shape index (κ2) is 4.80. The summed E-state index contributed by atoms with van der Waals surface area (Å²) in [6.07, 6.45) is 3.24. The number of benzene rings is 1. The van der Waals surface area contributed by atoms with Gasteiger partial charge in [-0.15, -0.1) is 0 Å². The first kappa shape index (κ1) is 12.0. The van der Waals surface area contributed by atoms with E-state index in [1.807, 2.05) is 0 Å². The van der Waals surface area contributed by atoms with Crippen LogP contribution in [0, 0.1) is 0 Å². The van der Waals surface area contributed by atoms with Gasteiger partial charge in [-0.25, -0.2) is 0 Å². The van der Waals surface area contributed by atoms with Crippen molar-refractivity contribution in [3.05, 3.63) is 50.7 Å². The number of halogens is 4. The Labute approximate surface area is 113 Å². The van der Waals surface area contributed by atoms with Gasteiger partial charge in [0, 0.05) is 18.0 Å². The van der Waals surface area contributed by atoms with Crippen LogP contribution in [-0.4, -0.2) is 4.98 Å². The molecule has 1 heterocycles. The third-order valence-corrected chi connectivity index (χ3v) is 3.43. The van der Waals surface area contributed by atoms with Crippen LogP contribution in [0.4, 0.5) is 0 Å². The van der Waals surface area contributed by atoms with Crippen molar-refractivity contribution in [3.8, 4) is 11.1 Å². The lowest BCUT2D eigenvalue weighted by Gasteiger charge is -2.05. The summed E-state index contributed by atoms with van der Waals surface area (Å²) >= 11 is 23.6. The van der Waals surface area contributed by atoms with Gasteiger partial charge in [0.05, 0.1) is 20.1 Å². The van der Waals surface area contributed by atoms with Crippen LogP contribution in [0.1, 0.15) is 0 Å². The minimum Gasteiger partial charge on any atom is -0.263 e. The zero-order valence-electron chi connectivity index (χ0n) is 7.85. The van der Waals surface area contributed by atoms with Crippen LogP contribution in [0.5, 0.6) is 0 Å². The van der Waals surface area contributed by atoms with Crippen molar-refractivity contribution in [2.75, 3.05) is 0 Å². The highest BCUT2D eigenvalue weighted by atomic mass is 35.5. The Bertz CT molecular complexity index is 516. The smallest absolute Gasteiger partial charge is 0.0778 e. The Hall–Kier alpha value is -0.470. The lowest BCUT2D eigenvalue weighted by Crippen LogP contribution is -1.82. The van der Waals surface area contributed by atoms with Crippen LogP contribution in [0.2, 0.25) is 20.1 Å². The number of hydrogen-bond donors (Lipinski definition) is 0. The SMILES string of the molecule is Clc1cncc(-c2cc(Cl)c(Cl)c(Cl)c2)c1. The van der Waals surface area contributed by atoms with Gasteiger partial charge in [0.15, 0.2) is 0 Å². The van der Waals surface area contributed by atoms with Gasteiger partial charge in [0.2, 0.25) is 0 Å². The second-order valence-corrected chi connectivity index (χ2v) is 4.77. The van der Waals surface area contributed by atoms with E-state index < -0.39 is 0 Å². The topological polar surface area (TPSA) is 12.9 Å². The summed E-state index contributed by atoms with van der Waals surface area (Å²) in [5.41, 5.74) is 1.67. The Morgan fingerprint density at radius 3 is 1.94 bits per heavy atom. The van der Waals surface area contributed by atoms with E-state index in [-0.39, 0.29) is 0 Å². The second-order valence-electron chi connectivity index (χ2n) is 3.15. The molecule has 0 spiro atoms. The molecule has 2 rings (SSSR count). The van der Waals surface area contributed by atoms with E-state index >= 15 is 0 Å². The van der Waals surface area contributed by atoms with Crippen LogP contribution >= 0.6 is 46.4 Å². The summed E-state index contributed by atoms with van der Waals surface area (Å²) in [7, 11) is 0. The standard InChI is InChI=1S/C11H5Cl4N/c12-8-1-7(4-16-5-8)6-2-9(13)11(15)10(14)3-6/h1-5H. The molecule has 2 aromatic rings. The molecule has 16 heavy (non-hydrogen) atoms. The first-order valence-electron chi connectivity index (χ1n) is 4.33. The molecular formula is C11H5Cl4N. The maximum Gasteiger partial charge on any atom is 0.0778 e. The molecule has 0 aliphatic heterocycles. The van der Waals surface area contributed by atoms with Crippen LogP contribution < -0.4 is 0 Å². The van der Waals surface area contributed by atoms with Gasteiger partial charge < -0.3 is 0 Å². The highest BCUT2D eigenvalue weighted by molar-refractivity contribution is 6.48. The summed E-state index contributed by atoms with van der Waals surface area (Å²) < 4.78 is 0. The monoisotopic (exact) mass is 291 g/mol. The van der Waals surface area contributed by atoms with Crippen molar-refractivity contribution in [3.63, 3.8) is 0 Å². The van der Waals surface area contributed by atoms with E-state index in [0.717, 1.165) is 11.1 Å². The fourth-order valence-corrected chi connectivity index (χ4v) is 2.06. The van der Waals surface area contributed by atoms with Gasteiger partial charge in [0.1, 0.15) is 0 Å². The van der Waals surface area contributed by atoms with Crippen molar-refractivity contribution < 1.29 is 0 Å². The zero-order chi connectivity index (χ0) is 11.7. The number of hydrogen-bond acceptors (Lipinski definition) is 1. The molecule has 82 valence electrons. The number of rotatable bonds is 1. The lowest BCUT2D eigenvalue weighted by atomic mass is 10.1. The van der Waals surface area contributed by atoms with Gasteiger partial charge in [-0.05, 0) is 23.8 Å². The van der Waals surface area contributed by atoms with Crippen molar-refractivity contribution in [2.24, 2.45) is 0 Å². The van der Waals surface area contributed by atoms with E-state index in [9.17, 15) is 0 Å². The molecule has 0 saturated carbocycles. The third kappa shape index (κ3) is 2.44. The summed E-state index contributed by atoms with van der Waals surface area (Å²) in [5, 5.41) is 1.72. The van der Waals surface area contributed by atoms with Crippen LogP contribution in [0.15, 0.2) is 30.6 Å². The first-order valence-corrected chi connectivity index (χ1v) is 5.84. The lowest BCUT2D eigenvalue weighted by molar-refractivity contribution is 1.33. The van der Waals surface area contributed by atoms with E-state index in [4.69, 9.17) is 46.4 Å². The molecule has 1 nitrogen and oxygen atoms in total. The highest BCUT2D eigenvalue weighted by Crippen LogP contribution is 2.35. The van der Waals surface area contributed by atoms with Crippen molar-refractivity contribution >= 4 is 46.4 Å². The molecule has 1 aromatic carbocycles. The normalized spacial score (nSPS) is 10.5. The summed E-state index contributed by atoms with van der Waals surface area (Å²) in [4.78, 5) is 3.99. The molecule has 0 amide bonds. The van der Waals surface area contributed by atoms with Gasteiger partial charge in [0.25, 0.3) is 0 Å². The fraction of sp³-hybridized carbons (Fsp3) is 0. The predicted molar refractivity (Wildman–Crippen MR) is 69.7 cm³/mol. The maximum atomic E-state index is 5.94. The summed E-state index contributed by atoms with van der Waals surface area (Å²) in [5.74, 6) is 0. The Morgan fingerprint density at radius 2 is 1.38 bits per heavy atom. The number of pyridine rings is 1. The van der Waals surface area contributed by atoms with Gasteiger partial charge in [-0.2, -0.15) is 0 Å². The van der Waals surface area contributed by atoms with E-state index in [2.05, 4.69) is 4.98 Å². The molecule has 0 unspecified atom stereocenters. The molecular weight excluding hydrogens is 288 g/mol. The number of nitrogens with zero attached hydrogens (tertiary/aromatic N) is 1. The minimum absolute atomic E-state index is 0.349. The van der Waals surface area contributed by atoms with E-state index in [1.54, 1.807) is 30.6 Å².